The number of aliphatic hydroxyl groups excluding tert-OH is 2. The normalized spacial score (nSPS) is 25.4. The van der Waals surface area contributed by atoms with Crippen LogP contribution in [0.4, 0.5) is 24.8 Å². The largest absolute Gasteiger partial charge is 0.469 e. The molecule has 24 nitrogen and oxygen atoms in total. The molecular weight excluding hydrogens is 893 g/mol. The number of hydrogen-bond acceptors (Lipinski definition) is 18. The molecule has 0 saturated carbocycles. The van der Waals surface area contributed by atoms with E-state index in [0.717, 1.165) is 49.2 Å². The summed E-state index contributed by atoms with van der Waals surface area (Å²) in [6, 6.07) is 3.24. The predicted octanol–water partition coefficient (Wildman–Crippen LogP) is 0.0684. The number of carbonyl (C=O) groups excluding carboxylic acids is 2. The number of aliphatic hydroxyl groups is 2. The van der Waals surface area contributed by atoms with Crippen molar-refractivity contribution in [2.45, 2.75) is 80.1 Å². The maximum atomic E-state index is 14.1. The lowest BCUT2D eigenvalue weighted by atomic mass is 10.0. The van der Waals surface area contributed by atoms with Crippen LogP contribution < -0.4 is 22.5 Å². The van der Waals surface area contributed by atoms with Crippen molar-refractivity contribution in [2.75, 3.05) is 24.7 Å². The number of phosphoric acid groups is 1. The molecule has 0 radical (unpaired) electrons. The van der Waals surface area contributed by atoms with Gasteiger partial charge in [-0.05, 0) is 30.2 Å². The highest BCUT2D eigenvalue weighted by Crippen LogP contribution is 2.56. The molecule has 5 heterocycles. The molecule has 63 heavy (non-hydrogen) atoms. The molecule has 10 atom stereocenters. The number of benzene rings is 1. The quantitative estimate of drug-likeness (QED) is 0.0394. The zero-order valence-electron chi connectivity index (χ0n) is 32.3. The maximum absolute atomic E-state index is 14.1. The molecular formula is C34H40F3N9O15P2. The molecule has 2 aliphatic rings. The Hall–Kier alpha value is -5.18. The number of imidazole rings is 1. The average molecular weight is 934 g/mol. The monoisotopic (exact) mass is 933 g/mol. The summed E-state index contributed by atoms with van der Waals surface area (Å²) in [5, 5.41) is 25.5. The van der Waals surface area contributed by atoms with Gasteiger partial charge in [0.2, 0.25) is 5.91 Å². The third-order valence-electron chi connectivity index (χ3n) is 9.81. The highest BCUT2D eigenvalue weighted by molar-refractivity contribution is 7.53. The van der Waals surface area contributed by atoms with E-state index < -0.39 is 119 Å². The van der Waals surface area contributed by atoms with Crippen molar-refractivity contribution in [3.63, 3.8) is 0 Å². The van der Waals surface area contributed by atoms with Gasteiger partial charge in [-0.15, -0.1) is 6.58 Å². The van der Waals surface area contributed by atoms with E-state index in [9.17, 15) is 61.6 Å². The minimum atomic E-state index is -5.36. The van der Waals surface area contributed by atoms with Gasteiger partial charge in [0.15, 0.2) is 30.0 Å². The van der Waals surface area contributed by atoms with Gasteiger partial charge in [0, 0.05) is 19.0 Å². The van der Waals surface area contributed by atoms with Gasteiger partial charge in [0.25, 0.3) is 0 Å². The lowest BCUT2D eigenvalue weighted by molar-refractivity contribution is -0.160. The number of amides is 1. The Morgan fingerprint density at radius 2 is 1.63 bits per heavy atom. The first-order valence-corrected chi connectivity index (χ1v) is 21.6. The Bertz CT molecular complexity index is 2470. The van der Waals surface area contributed by atoms with Crippen LogP contribution in [0.2, 0.25) is 0 Å². The third-order valence-corrected chi connectivity index (χ3v) is 12.2. The molecule has 6 rings (SSSR count). The van der Waals surface area contributed by atoms with Crippen molar-refractivity contribution in [2.24, 2.45) is 0 Å². The van der Waals surface area contributed by atoms with E-state index in [4.69, 9.17) is 30.2 Å². The highest BCUT2D eigenvalue weighted by Gasteiger charge is 2.56. The van der Waals surface area contributed by atoms with E-state index >= 15 is 0 Å². The Balaban J connectivity index is 1.30. The van der Waals surface area contributed by atoms with E-state index in [1.807, 2.05) is 0 Å². The van der Waals surface area contributed by atoms with E-state index in [0.29, 0.717) is 4.57 Å². The number of halogens is 3. The second-order valence-electron chi connectivity index (χ2n) is 14.1. The van der Waals surface area contributed by atoms with Crippen LogP contribution in [0, 0.1) is 0 Å². The van der Waals surface area contributed by atoms with Crippen LogP contribution in [0.15, 0.2) is 66.6 Å². The van der Waals surface area contributed by atoms with Crippen LogP contribution in [0.3, 0.4) is 0 Å². The molecule has 0 aliphatic carbocycles. The van der Waals surface area contributed by atoms with E-state index in [1.54, 1.807) is 0 Å². The van der Waals surface area contributed by atoms with Gasteiger partial charge in [-0.3, -0.25) is 23.0 Å². The van der Waals surface area contributed by atoms with Gasteiger partial charge in [-0.25, -0.2) is 29.1 Å². The van der Waals surface area contributed by atoms with Gasteiger partial charge in [-0.2, -0.15) is 18.2 Å². The smallest absolute Gasteiger partial charge is 0.455 e. The molecule has 342 valence electrons. The molecule has 10 N–H and O–H groups in total. The number of rotatable bonds is 17. The Morgan fingerprint density at radius 1 is 0.968 bits per heavy atom. The number of phosphoric ester groups is 1. The van der Waals surface area contributed by atoms with Crippen molar-refractivity contribution in [3.8, 4) is 0 Å². The molecule has 0 spiro atoms. The number of nitrogens with two attached hydrogens (primary N) is 2. The van der Waals surface area contributed by atoms with Gasteiger partial charge >= 0.3 is 33.3 Å². The lowest BCUT2D eigenvalue weighted by Gasteiger charge is -2.27. The standard InChI is InChI=1S/C34H40F3N9O15P2/c1-2-3-4-22(47)43-18(11-16-5-7-17(8-6-16)34(35,36)37)32(50)61-26-19(59-30(24(26)48)46-15-42-23-28(39)40-14-41-29(23)46)12-57-62(52,53)27-20(13-58-63(54,55)56)60-31(25(27)49)45-10-9-21(38)44-33(45)51/h2,5-10,14-15,18-20,24-27,30-31,48-49H,1,3-4,11-13H2,(H,43,47)(H,52,53)(H2,38,44,51)(H2,39,40,41)(H2,54,55,56)/t18-,19+,20+,24+,25+,26+,27+,30+,31+/m0/s1. The average Bonchev–Trinajstić information content (AvgIpc) is 3.88. The molecule has 4 aromatic rings. The fourth-order valence-electron chi connectivity index (χ4n) is 6.82. The van der Waals surface area contributed by atoms with Gasteiger partial charge in [-0.1, -0.05) is 18.2 Å². The molecule has 1 amide bonds. The van der Waals surface area contributed by atoms with Crippen LogP contribution in [-0.2, 0) is 54.6 Å². The van der Waals surface area contributed by atoms with Crippen molar-refractivity contribution in [3.05, 3.63) is 83.4 Å². The number of esters is 1. The van der Waals surface area contributed by atoms with Gasteiger partial charge < -0.3 is 60.4 Å². The van der Waals surface area contributed by atoms with Gasteiger partial charge in [0.05, 0.1) is 25.1 Å². The number of nitrogens with one attached hydrogen (secondary N) is 1. The minimum absolute atomic E-state index is 0.0123. The summed E-state index contributed by atoms with van der Waals surface area (Å²) in [7, 11) is -10.6. The maximum Gasteiger partial charge on any atom is 0.469 e. The number of nitrogen functional groups attached to an aromatic ring is 2. The van der Waals surface area contributed by atoms with Crippen molar-refractivity contribution >= 4 is 50.1 Å². The number of alkyl halides is 3. The third kappa shape index (κ3) is 11.0. The Labute approximate surface area is 352 Å². The number of nitrogens with zero attached hydrogens (tertiary/aromatic N) is 6. The molecule has 2 saturated heterocycles. The zero-order chi connectivity index (χ0) is 46.0. The zero-order valence-corrected chi connectivity index (χ0v) is 34.1. The summed E-state index contributed by atoms with van der Waals surface area (Å²) in [6.45, 7) is 1.36. The second kappa shape index (κ2) is 18.9. The first kappa shape index (κ1) is 47.3. The summed E-state index contributed by atoms with van der Waals surface area (Å²) in [5.41, 5.74) is 7.51. The molecule has 29 heteroatoms. The number of allylic oxidation sites excluding steroid dienone is 1. The summed E-state index contributed by atoms with van der Waals surface area (Å²) in [4.78, 5) is 85.1. The number of carbonyl (C=O) groups is 2. The van der Waals surface area contributed by atoms with Crippen LogP contribution in [-0.4, -0.2) is 121 Å². The second-order valence-corrected chi connectivity index (χ2v) is 17.3. The SMILES string of the molecule is C=CCCC(=O)N[C@@H](Cc1ccc(C(F)(F)F)cc1)C(=O)O[C@H]1[C@@H](O)[C@H](n2cnc3c(N)ncnc32)O[C@@H]1COP(=O)(O)[C@H]1[C@@H](O)[C@H](n2ccc(N)nc2=O)O[C@@H]1COP(=O)(O)O. The van der Waals surface area contributed by atoms with Gasteiger partial charge in [0.1, 0.15) is 53.8 Å². The minimum Gasteiger partial charge on any atom is -0.455 e. The molecule has 3 aromatic heterocycles. The fraction of sp³-hybridized carbons (Fsp3) is 0.441. The Morgan fingerprint density at radius 3 is 2.29 bits per heavy atom. The van der Waals surface area contributed by atoms with Crippen LogP contribution >= 0.6 is 15.4 Å². The van der Waals surface area contributed by atoms with Crippen molar-refractivity contribution < 1.29 is 80.0 Å². The number of aromatic nitrogens is 6. The topological polar surface area (TPSA) is 358 Å². The van der Waals surface area contributed by atoms with Crippen molar-refractivity contribution in [1.82, 2.24) is 34.4 Å². The fourth-order valence-corrected chi connectivity index (χ4v) is 8.80. The highest BCUT2D eigenvalue weighted by atomic mass is 31.2. The molecule has 1 aromatic carbocycles. The first-order chi connectivity index (χ1) is 29.6. The summed E-state index contributed by atoms with van der Waals surface area (Å²) in [6.07, 6.45) is -13.2. The predicted molar refractivity (Wildman–Crippen MR) is 206 cm³/mol. The summed E-state index contributed by atoms with van der Waals surface area (Å²) < 4.78 is 94.7. The molecule has 2 fully saturated rings. The van der Waals surface area contributed by atoms with E-state index in [-0.39, 0.29) is 41.2 Å². The number of hydrogen-bond donors (Lipinski definition) is 8. The van der Waals surface area contributed by atoms with Crippen LogP contribution in [0.25, 0.3) is 11.2 Å². The number of ether oxygens (including phenoxy) is 3. The van der Waals surface area contributed by atoms with E-state index in [1.165, 1.54) is 10.6 Å². The summed E-state index contributed by atoms with van der Waals surface area (Å²) >= 11 is 0. The molecule has 0 bridgehead atoms. The van der Waals surface area contributed by atoms with Crippen molar-refractivity contribution in [1.29, 1.82) is 0 Å². The summed E-state index contributed by atoms with van der Waals surface area (Å²) in [5.74, 6) is -2.23. The molecule has 1 unspecified atom stereocenters. The number of fused-ring (bicyclic) bond motifs is 1. The van der Waals surface area contributed by atoms with E-state index in [2.05, 4.69) is 36.4 Å². The first-order valence-electron chi connectivity index (χ1n) is 18.5. The Kier molecular flexibility index (Phi) is 14.2. The van der Waals surface area contributed by atoms with Crippen LogP contribution in [0.5, 0.6) is 0 Å². The number of anilines is 2. The van der Waals surface area contributed by atoms with Crippen LogP contribution in [0.1, 0.15) is 36.4 Å². The lowest BCUT2D eigenvalue weighted by Crippen LogP contribution is -2.47. The molecule has 2 aliphatic heterocycles.